The Kier molecular flexibility index (Phi) is 4.43. The minimum Gasteiger partial charge on any atom is -0.481 e. The van der Waals surface area contributed by atoms with E-state index >= 15 is 0 Å². The second-order valence-corrected chi connectivity index (χ2v) is 4.19. The van der Waals surface area contributed by atoms with Gasteiger partial charge in [0, 0.05) is 25.0 Å². The van der Waals surface area contributed by atoms with Crippen LogP contribution in [0, 0.1) is 0 Å². The van der Waals surface area contributed by atoms with Crippen molar-refractivity contribution in [2.45, 2.75) is 18.9 Å². The Morgan fingerprint density at radius 2 is 2.32 bits per heavy atom. The molecule has 0 amide bonds. The van der Waals surface area contributed by atoms with Crippen molar-refractivity contribution in [3.05, 3.63) is 36.0 Å². The summed E-state index contributed by atoms with van der Waals surface area (Å²) >= 11 is 0. The summed E-state index contributed by atoms with van der Waals surface area (Å²) in [6.07, 6.45) is 4.93. The molecule has 2 rings (SSSR count). The minimum atomic E-state index is -0.0493. The predicted molar refractivity (Wildman–Crippen MR) is 70.2 cm³/mol. The molecule has 0 aromatic carbocycles. The first-order valence-corrected chi connectivity index (χ1v) is 6.03. The Bertz CT molecular complexity index is 526. The summed E-state index contributed by atoms with van der Waals surface area (Å²) in [6.45, 7) is 0. The van der Waals surface area contributed by atoms with E-state index in [-0.39, 0.29) is 6.04 Å². The fourth-order valence-corrected chi connectivity index (χ4v) is 1.91. The molecule has 0 fully saturated rings. The summed E-state index contributed by atoms with van der Waals surface area (Å²) in [7, 11) is 3.50. The number of aromatic nitrogens is 4. The van der Waals surface area contributed by atoms with E-state index in [1.165, 1.54) is 6.33 Å². The molecule has 1 unspecified atom stereocenters. The van der Waals surface area contributed by atoms with E-state index in [4.69, 9.17) is 10.6 Å². The van der Waals surface area contributed by atoms with Gasteiger partial charge in [-0.05, 0) is 18.9 Å². The molecule has 0 bridgehead atoms. The number of methoxy groups -OCH3 is 1. The standard InChI is InChI=1S/C12H18N6O/c1-18-9(5-6-16-18)3-4-10(17-13)11-7-12(19-2)15-8-14-11/h5-8,10,17H,3-4,13H2,1-2H3. The third-order valence-electron chi connectivity index (χ3n) is 3.04. The first kappa shape index (κ1) is 13.4. The molecule has 3 N–H and O–H groups in total. The van der Waals surface area contributed by atoms with Crippen molar-refractivity contribution < 1.29 is 4.74 Å². The predicted octanol–water partition coefficient (Wildman–Crippen LogP) is 0.356. The third kappa shape index (κ3) is 3.27. The fraction of sp³-hybridized carbons (Fsp3) is 0.417. The van der Waals surface area contributed by atoms with E-state index in [9.17, 15) is 0 Å². The lowest BCUT2D eigenvalue weighted by Gasteiger charge is -2.15. The summed E-state index contributed by atoms with van der Waals surface area (Å²) < 4.78 is 6.94. The van der Waals surface area contributed by atoms with Gasteiger partial charge in [0.1, 0.15) is 6.33 Å². The molecular weight excluding hydrogens is 244 g/mol. The summed E-state index contributed by atoms with van der Waals surface area (Å²) in [5, 5.41) is 4.14. The second kappa shape index (κ2) is 6.26. The van der Waals surface area contributed by atoms with Crippen molar-refractivity contribution in [2.24, 2.45) is 12.9 Å². The van der Waals surface area contributed by atoms with E-state index in [0.717, 1.165) is 24.2 Å². The Morgan fingerprint density at radius 3 is 2.95 bits per heavy atom. The molecule has 2 aromatic heterocycles. The molecule has 0 saturated carbocycles. The molecule has 0 saturated heterocycles. The van der Waals surface area contributed by atoms with Crippen molar-refractivity contribution in [1.82, 2.24) is 25.2 Å². The van der Waals surface area contributed by atoms with Crippen LogP contribution in [0.3, 0.4) is 0 Å². The summed E-state index contributed by atoms with van der Waals surface area (Å²) in [5.41, 5.74) is 4.75. The Labute approximate surface area is 111 Å². The number of hydrazine groups is 1. The average molecular weight is 262 g/mol. The van der Waals surface area contributed by atoms with Gasteiger partial charge >= 0.3 is 0 Å². The highest BCUT2D eigenvalue weighted by Gasteiger charge is 2.13. The van der Waals surface area contributed by atoms with Gasteiger partial charge in [0.2, 0.25) is 5.88 Å². The molecule has 0 aliphatic rings. The van der Waals surface area contributed by atoms with Gasteiger partial charge in [-0.2, -0.15) is 5.10 Å². The molecule has 2 aromatic rings. The molecule has 19 heavy (non-hydrogen) atoms. The lowest BCUT2D eigenvalue weighted by atomic mass is 10.1. The third-order valence-corrected chi connectivity index (χ3v) is 3.04. The Morgan fingerprint density at radius 1 is 1.47 bits per heavy atom. The van der Waals surface area contributed by atoms with Crippen molar-refractivity contribution in [3.63, 3.8) is 0 Å². The quantitative estimate of drug-likeness (QED) is 0.577. The maximum absolute atomic E-state index is 5.60. The molecule has 7 nitrogen and oxygen atoms in total. The zero-order valence-corrected chi connectivity index (χ0v) is 11.1. The number of ether oxygens (including phenoxy) is 1. The molecule has 0 aliphatic heterocycles. The van der Waals surface area contributed by atoms with Crippen LogP contribution in [-0.4, -0.2) is 26.9 Å². The van der Waals surface area contributed by atoms with Crippen LogP contribution in [0.25, 0.3) is 0 Å². The Balaban J connectivity index is 2.05. The highest BCUT2D eigenvalue weighted by Crippen LogP contribution is 2.18. The van der Waals surface area contributed by atoms with Gasteiger partial charge < -0.3 is 4.74 Å². The molecule has 1 atom stereocenters. The fourth-order valence-electron chi connectivity index (χ4n) is 1.91. The van der Waals surface area contributed by atoms with Crippen molar-refractivity contribution in [2.75, 3.05) is 7.11 Å². The van der Waals surface area contributed by atoms with Gasteiger partial charge in [0.05, 0.1) is 18.8 Å². The Hall–Kier alpha value is -1.99. The average Bonchev–Trinajstić information content (AvgIpc) is 2.85. The second-order valence-electron chi connectivity index (χ2n) is 4.19. The number of nitrogens with two attached hydrogens (primary N) is 1. The number of rotatable bonds is 6. The number of nitrogens with one attached hydrogen (secondary N) is 1. The first-order chi connectivity index (χ1) is 9.24. The number of hydrogen-bond acceptors (Lipinski definition) is 6. The zero-order valence-electron chi connectivity index (χ0n) is 11.1. The van der Waals surface area contributed by atoms with Gasteiger partial charge in [-0.1, -0.05) is 0 Å². The lowest BCUT2D eigenvalue weighted by Crippen LogP contribution is -2.29. The molecule has 0 aliphatic carbocycles. The zero-order chi connectivity index (χ0) is 13.7. The van der Waals surface area contributed by atoms with Crippen LogP contribution >= 0.6 is 0 Å². The monoisotopic (exact) mass is 262 g/mol. The molecule has 102 valence electrons. The van der Waals surface area contributed by atoms with Crippen molar-refractivity contribution >= 4 is 0 Å². The van der Waals surface area contributed by atoms with Crippen LogP contribution in [0.5, 0.6) is 5.88 Å². The van der Waals surface area contributed by atoms with Crippen molar-refractivity contribution in [3.8, 4) is 5.88 Å². The highest BCUT2D eigenvalue weighted by molar-refractivity contribution is 5.16. The first-order valence-electron chi connectivity index (χ1n) is 6.03. The molecule has 2 heterocycles. The van der Waals surface area contributed by atoms with E-state index in [1.807, 2.05) is 17.8 Å². The van der Waals surface area contributed by atoms with Crippen LogP contribution in [0.2, 0.25) is 0 Å². The largest absolute Gasteiger partial charge is 0.481 e. The van der Waals surface area contributed by atoms with Gasteiger partial charge in [0.15, 0.2) is 0 Å². The van der Waals surface area contributed by atoms with Gasteiger partial charge in [-0.25, -0.2) is 9.97 Å². The molecular formula is C12H18N6O. The molecule has 0 spiro atoms. The summed E-state index contributed by atoms with van der Waals surface area (Å²) in [4.78, 5) is 8.21. The molecule has 0 radical (unpaired) electrons. The van der Waals surface area contributed by atoms with Gasteiger partial charge in [0.25, 0.3) is 0 Å². The van der Waals surface area contributed by atoms with Crippen LogP contribution in [0.15, 0.2) is 24.7 Å². The van der Waals surface area contributed by atoms with Crippen LogP contribution in [0.1, 0.15) is 23.9 Å². The summed E-state index contributed by atoms with van der Waals surface area (Å²) in [6, 6.07) is 3.73. The maximum atomic E-state index is 5.60. The van der Waals surface area contributed by atoms with Gasteiger partial charge in [-0.3, -0.25) is 16.0 Å². The normalized spacial score (nSPS) is 12.4. The van der Waals surface area contributed by atoms with E-state index < -0.39 is 0 Å². The maximum Gasteiger partial charge on any atom is 0.216 e. The number of nitrogens with zero attached hydrogens (tertiary/aromatic N) is 4. The van der Waals surface area contributed by atoms with Crippen LogP contribution in [-0.2, 0) is 13.5 Å². The highest BCUT2D eigenvalue weighted by atomic mass is 16.5. The topological polar surface area (TPSA) is 90.9 Å². The van der Waals surface area contributed by atoms with Crippen LogP contribution < -0.4 is 16.0 Å². The van der Waals surface area contributed by atoms with Gasteiger partial charge in [-0.15, -0.1) is 0 Å². The minimum absolute atomic E-state index is 0.0493. The van der Waals surface area contributed by atoms with E-state index in [0.29, 0.717) is 5.88 Å². The lowest BCUT2D eigenvalue weighted by molar-refractivity contribution is 0.393. The molecule has 7 heteroatoms. The van der Waals surface area contributed by atoms with Crippen molar-refractivity contribution in [1.29, 1.82) is 0 Å². The number of aryl methyl sites for hydroxylation is 2. The SMILES string of the molecule is COc1cc(C(CCc2ccnn2C)NN)ncn1. The van der Waals surface area contributed by atoms with E-state index in [1.54, 1.807) is 19.4 Å². The smallest absolute Gasteiger partial charge is 0.216 e. The van der Waals surface area contributed by atoms with E-state index in [2.05, 4.69) is 20.5 Å². The summed E-state index contributed by atoms with van der Waals surface area (Å²) in [5.74, 6) is 6.13. The number of hydrogen-bond donors (Lipinski definition) is 2. The van der Waals surface area contributed by atoms with Crippen LogP contribution in [0.4, 0.5) is 0 Å².